The average Bonchev–Trinajstić information content (AvgIpc) is 2.39. The fraction of sp³-hybridized carbons (Fsp3) is 0.353. The third-order valence-electron chi connectivity index (χ3n) is 2.86. The summed E-state index contributed by atoms with van der Waals surface area (Å²) in [5, 5.41) is 1.64. The van der Waals surface area contributed by atoms with E-state index in [0.29, 0.717) is 18.7 Å². The molecule has 108 valence electrons. The zero-order valence-electron chi connectivity index (χ0n) is 12.3. The normalized spacial score (nSPS) is 11.2. The van der Waals surface area contributed by atoms with Crippen LogP contribution in [-0.4, -0.2) is 24.1 Å². The second kappa shape index (κ2) is 7.65. The number of rotatable bonds is 8. The van der Waals surface area contributed by atoms with Gasteiger partial charge < -0.3 is 4.84 Å². The van der Waals surface area contributed by atoms with Gasteiger partial charge in [0.2, 0.25) is 0 Å². The SMILES string of the molecule is C=CCN(CC(C)(C)CC=C)OC(=O)c1ccccc1. The lowest BCUT2D eigenvalue weighted by Crippen LogP contribution is -2.36. The van der Waals surface area contributed by atoms with Crippen molar-refractivity contribution in [3.63, 3.8) is 0 Å². The Morgan fingerprint density at radius 3 is 2.45 bits per heavy atom. The number of carbonyl (C=O) groups is 1. The topological polar surface area (TPSA) is 29.5 Å². The van der Waals surface area contributed by atoms with Gasteiger partial charge in [0.25, 0.3) is 0 Å². The van der Waals surface area contributed by atoms with Gasteiger partial charge in [0, 0.05) is 6.54 Å². The molecule has 0 heterocycles. The fourth-order valence-corrected chi connectivity index (χ4v) is 1.95. The van der Waals surface area contributed by atoms with Gasteiger partial charge in [0.15, 0.2) is 0 Å². The maximum atomic E-state index is 12.1. The lowest BCUT2D eigenvalue weighted by molar-refractivity contribution is -0.118. The van der Waals surface area contributed by atoms with E-state index in [2.05, 4.69) is 27.0 Å². The molecule has 20 heavy (non-hydrogen) atoms. The Kier molecular flexibility index (Phi) is 6.19. The molecule has 0 saturated carbocycles. The van der Waals surface area contributed by atoms with Gasteiger partial charge in [-0.2, -0.15) is 0 Å². The first-order chi connectivity index (χ1) is 9.48. The molecule has 0 aliphatic rings. The zero-order chi connectivity index (χ0) is 15.0. The third-order valence-corrected chi connectivity index (χ3v) is 2.86. The maximum absolute atomic E-state index is 12.1. The highest BCUT2D eigenvalue weighted by atomic mass is 16.7. The monoisotopic (exact) mass is 273 g/mol. The molecular formula is C17H23NO2. The molecule has 0 saturated heterocycles. The number of carbonyl (C=O) groups excluding carboxylic acids is 1. The van der Waals surface area contributed by atoms with Crippen molar-refractivity contribution >= 4 is 5.97 Å². The number of nitrogens with zero attached hydrogens (tertiary/aromatic N) is 1. The van der Waals surface area contributed by atoms with Gasteiger partial charge in [-0.1, -0.05) is 44.2 Å². The Balaban J connectivity index is 2.70. The lowest BCUT2D eigenvalue weighted by Gasteiger charge is -2.30. The first-order valence-corrected chi connectivity index (χ1v) is 6.72. The molecule has 0 aliphatic heterocycles. The van der Waals surface area contributed by atoms with Crippen LogP contribution < -0.4 is 0 Å². The minimum Gasteiger partial charge on any atom is -0.364 e. The number of hydroxylamine groups is 2. The van der Waals surface area contributed by atoms with E-state index < -0.39 is 0 Å². The van der Waals surface area contributed by atoms with Crippen LogP contribution in [0.5, 0.6) is 0 Å². The van der Waals surface area contributed by atoms with Crippen LogP contribution in [-0.2, 0) is 4.84 Å². The van der Waals surface area contributed by atoms with E-state index in [4.69, 9.17) is 4.84 Å². The van der Waals surface area contributed by atoms with Gasteiger partial charge >= 0.3 is 5.97 Å². The second-order valence-electron chi connectivity index (χ2n) is 5.51. The molecule has 0 amide bonds. The van der Waals surface area contributed by atoms with Gasteiger partial charge in [-0.25, -0.2) is 4.79 Å². The summed E-state index contributed by atoms with van der Waals surface area (Å²) in [5.41, 5.74) is 0.532. The summed E-state index contributed by atoms with van der Waals surface area (Å²) in [6.45, 7) is 12.8. The number of allylic oxidation sites excluding steroid dienone is 1. The Morgan fingerprint density at radius 1 is 1.25 bits per heavy atom. The van der Waals surface area contributed by atoms with E-state index in [0.717, 1.165) is 6.42 Å². The van der Waals surface area contributed by atoms with Gasteiger partial charge in [0.05, 0.1) is 12.1 Å². The van der Waals surface area contributed by atoms with E-state index in [1.54, 1.807) is 23.3 Å². The van der Waals surface area contributed by atoms with Crippen LogP contribution in [0.2, 0.25) is 0 Å². The highest BCUT2D eigenvalue weighted by Crippen LogP contribution is 2.22. The zero-order valence-corrected chi connectivity index (χ0v) is 12.3. The van der Waals surface area contributed by atoms with Crippen molar-refractivity contribution in [3.8, 4) is 0 Å². The molecule has 1 aromatic rings. The van der Waals surface area contributed by atoms with Crippen molar-refractivity contribution in [3.05, 3.63) is 61.2 Å². The largest absolute Gasteiger partial charge is 0.364 e. The molecule has 1 rings (SSSR count). The van der Waals surface area contributed by atoms with Gasteiger partial charge in [0.1, 0.15) is 0 Å². The standard InChI is InChI=1S/C17H23NO2/c1-5-12-17(3,4)14-18(13-6-2)20-16(19)15-10-8-7-9-11-15/h5-11H,1-2,12-14H2,3-4H3. The van der Waals surface area contributed by atoms with Crippen LogP contribution in [0.25, 0.3) is 0 Å². The summed E-state index contributed by atoms with van der Waals surface area (Å²) in [5.74, 6) is -0.346. The van der Waals surface area contributed by atoms with Crippen LogP contribution in [0, 0.1) is 5.41 Å². The van der Waals surface area contributed by atoms with Crippen molar-refractivity contribution in [2.75, 3.05) is 13.1 Å². The van der Waals surface area contributed by atoms with E-state index in [1.165, 1.54) is 0 Å². The quantitative estimate of drug-likeness (QED) is 0.532. The summed E-state index contributed by atoms with van der Waals surface area (Å²) >= 11 is 0. The van der Waals surface area contributed by atoms with Crippen molar-refractivity contribution in [2.45, 2.75) is 20.3 Å². The summed E-state index contributed by atoms with van der Waals surface area (Å²) in [4.78, 5) is 17.5. The smallest absolute Gasteiger partial charge is 0.357 e. The van der Waals surface area contributed by atoms with Crippen LogP contribution in [0.4, 0.5) is 0 Å². The van der Waals surface area contributed by atoms with Crippen molar-refractivity contribution in [2.24, 2.45) is 5.41 Å². The maximum Gasteiger partial charge on any atom is 0.357 e. The van der Waals surface area contributed by atoms with E-state index in [1.807, 2.05) is 24.3 Å². The average molecular weight is 273 g/mol. The van der Waals surface area contributed by atoms with Crippen molar-refractivity contribution < 1.29 is 9.63 Å². The first kappa shape index (κ1) is 16.2. The molecule has 1 aromatic carbocycles. The van der Waals surface area contributed by atoms with Gasteiger partial charge in [-0.15, -0.1) is 18.2 Å². The van der Waals surface area contributed by atoms with Crippen LogP contribution in [0.1, 0.15) is 30.6 Å². The van der Waals surface area contributed by atoms with Crippen LogP contribution >= 0.6 is 0 Å². The molecule has 3 heteroatoms. The van der Waals surface area contributed by atoms with E-state index >= 15 is 0 Å². The van der Waals surface area contributed by atoms with Crippen LogP contribution in [0.15, 0.2) is 55.6 Å². The summed E-state index contributed by atoms with van der Waals surface area (Å²) < 4.78 is 0. The summed E-state index contributed by atoms with van der Waals surface area (Å²) in [7, 11) is 0. The van der Waals surface area contributed by atoms with Gasteiger partial charge in [-0.3, -0.25) is 0 Å². The molecule has 0 radical (unpaired) electrons. The van der Waals surface area contributed by atoms with Gasteiger partial charge in [-0.05, 0) is 24.0 Å². The fourth-order valence-electron chi connectivity index (χ4n) is 1.95. The van der Waals surface area contributed by atoms with E-state index in [-0.39, 0.29) is 11.4 Å². The highest BCUT2D eigenvalue weighted by molar-refractivity contribution is 5.89. The Hall–Kier alpha value is -1.87. The lowest BCUT2D eigenvalue weighted by atomic mass is 9.89. The predicted molar refractivity (Wildman–Crippen MR) is 82.2 cm³/mol. The molecule has 0 spiro atoms. The minimum absolute atomic E-state index is 0.0122. The second-order valence-corrected chi connectivity index (χ2v) is 5.51. The predicted octanol–water partition coefficient (Wildman–Crippen LogP) is 3.85. The van der Waals surface area contributed by atoms with Crippen molar-refractivity contribution in [1.29, 1.82) is 0 Å². The highest BCUT2D eigenvalue weighted by Gasteiger charge is 2.23. The number of hydrogen-bond acceptors (Lipinski definition) is 3. The van der Waals surface area contributed by atoms with Crippen molar-refractivity contribution in [1.82, 2.24) is 5.06 Å². The molecule has 0 bridgehead atoms. The number of benzene rings is 1. The molecule has 0 fully saturated rings. The first-order valence-electron chi connectivity index (χ1n) is 6.72. The molecule has 3 nitrogen and oxygen atoms in total. The third kappa shape index (κ3) is 5.41. The molecule has 0 aromatic heterocycles. The molecular weight excluding hydrogens is 250 g/mol. The molecule has 0 unspecified atom stereocenters. The molecule has 0 N–H and O–H groups in total. The molecule has 0 aliphatic carbocycles. The minimum atomic E-state index is -0.346. The summed E-state index contributed by atoms with van der Waals surface area (Å²) in [6, 6.07) is 8.98. The Labute approximate surface area is 121 Å². The number of hydrogen-bond donors (Lipinski definition) is 0. The Bertz CT molecular complexity index is 451. The molecule has 0 atom stereocenters. The summed E-state index contributed by atoms with van der Waals surface area (Å²) in [6.07, 6.45) is 4.46. The van der Waals surface area contributed by atoms with Crippen LogP contribution in [0.3, 0.4) is 0 Å². The Morgan fingerprint density at radius 2 is 1.90 bits per heavy atom. The van der Waals surface area contributed by atoms with E-state index in [9.17, 15) is 4.79 Å².